The van der Waals surface area contributed by atoms with E-state index in [4.69, 9.17) is 14.2 Å². The molecular formula is C59H102O6. The van der Waals surface area contributed by atoms with E-state index in [2.05, 4.69) is 93.7 Å². The maximum Gasteiger partial charge on any atom is 0.306 e. The second-order valence-electron chi connectivity index (χ2n) is 18.1. The molecule has 0 heterocycles. The lowest BCUT2D eigenvalue weighted by atomic mass is 10.1. The largest absolute Gasteiger partial charge is 0.462 e. The molecule has 0 bridgehead atoms. The maximum absolute atomic E-state index is 12.8. The van der Waals surface area contributed by atoms with Gasteiger partial charge in [-0.1, -0.05) is 196 Å². The highest BCUT2D eigenvalue weighted by Crippen LogP contribution is 2.14. The van der Waals surface area contributed by atoms with E-state index in [1.54, 1.807) is 0 Å². The molecule has 0 fully saturated rings. The van der Waals surface area contributed by atoms with Crippen molar-refractivity contribution >= 4 is 17.9 Å². The third-order valence-corrected chi connectivity index (χ3v) is 11.6. The topological polar surface area (TPSA) is 78.9 Å². The van der Waals surface area contributed by atoms with E-state index in [-0.39, 0.29) is 31.1 Å². The van der Waals surface area contributed by atoms with Crippen LogP contribution < -0.4 is 0 Å². The van der Waals surface area contributed by atoms with Gasteiger partial charge in [-0.25, -0.2) is 0 Å². The van der Waals surface area contributed by atoms with Crippen LogP contribution in [0.5, 0.6) is 0 Å². The number of rotatable bonds is 49. The van der Waals surface area contributed by atoms with Crippen molar-refractivity contribution in [3.05, 3.63) is 72.9 Å². The van der Waals surface area contributed by atoms with Crippen LogP contribution in [-0.4, -0.2) is 37.2 Å². The average molecular weight is 907 g/mol. The minimum Gasteiger partial charge on any atom is -0.462 e. The molecule has 0 aliphatic heterocycles. The van der Waals surface area contributed by atoms with Crippen molar-refractivity contribution in [2.24, 2.45) is 0 Å². The highest BCUT2D eigenvalue weighted by molar-refractivity contribution is 5.71. The van der Waals surface area contributed by atoms with Crippen LogP contribution in [0.4, 0.5) is 0 Å². The fourth-order valence-corrected chi connectivity index (χ4v) is 7.50. The predicted molar refractivity (Wildman–Crippen MR) is 279 cm³/mol. The monoisotopic (exact) mass is 907 g/mol. The Labute approximate surface area is 402 Å². The van der Waals surface area contributed by atoms with Crippen molar-refractivity contribution in [3.8, 4) is 0 Å². The fraction of sp³-hybridized carbons (Fsp3) is 0.746. The first-order valence-corrected chi connectivity index (χ1v) is 27.4. The van der Waals surface area contributed by atoms with E-state index in [9.17, 15) is 14.4 Å². The Kier molecular flexibility index (Phi) is 50.9. The van der Waals surface area contributed by atoms with Gasteiger partial charge in [0.25, 0.3) is 0 Å². The van der Waals surface area contributed by atoms with Gasteiger partial charge in [0.05, 0.1) is 0 Å². The van der Waals surface area contributed by atoms with Crippen LogP contribution in [0.3, 0.4) is 0 Å². The van der Waals surface area contributed by atoms with Crippen LogP contribution >= 0.6 is 0 Å². The quantitative estimate of drug-likeness (QED) is 0.0262. The third-order valence-electron chi connectivity index (χ3n) is 11.6. The van der Waals surface area contributed by atoms with Crippen LogP contribution in [0.1, 0.15) is 265 Å². The molecule has 0 radical (unpaired) electrons. The van der Waals surface area contributed by atoms with E-state index >= 15 is 0 Å². The molecule has 6 nitrogen and oxygen atoms in total. The second-order valence-corrected chi connectivity index (χ2v) is 18.1. The molecule has 0 N–H and O–H groups in total. The first kappa shape index (κ1) is 61.9. The van der Waals surface area contributed by atoms with Crippen LogP contribution in [0.25, 0.3) is 0 Å². The number of carbonyl (C=O) groups is 3. The molecule has 0 amide bonds. The van der Waals surface area contributed by atoms with Gasteiger partial charge >= 0.3 is 17.9 Å². The van der Waals surface area contributed by atoms with Gasteiger partial charge in [0, 0.05) is 19.3 Å². The van der Waals surface area contributed by atoms with E-state index in [0.29, 0.717) is 19.3 Å². The van der Waals surface area contributed by atoms with Gasteiger partial charge < -0.3 is 14.2 Å². The number of carbonyl (C=O) groups excluding carboxylic acids is 3. The maximum atomic E-state index is 12.8. The molecule has 0 unspecified atom stereocenters. The fourth-order valence-electron chi connectivity index (χ4n) is 7.50. The van der Waals surface area contributed by atoms with Crippen LogP contribution in [0, 0.1) is 0 Å². The Morgan fingerprint density at radius 1 is 0.323 bits per heavy atom. The van der Waals surface area contributed by atoms with Gasteiger partial charge in [0.15, 0.2) is 6.10 Å². The standard InChI is InChI=1S/C59H102O6/c1-4-7-10-13-16-19-22-25-28-29-32-34-37-40-43-46-49-52-58(61)64-55-56(65-59(62)53-50-47-44-41-38-35-31-27-24-21-18-15-12-9-6-3)54-63-57(60)51-48-45-42-39-36-33-30-26-23-20-17-14-11-8-5-2/h9,12,16,18-19,21,26-27,29-32,56H,4-8,10-11,13-15,17,20,22-25,28,33-55H2,1-3H3/t56-/m1/s1. The van der Waals surface area contributed by atoms with Crippen LogP contribution in [0.2, 0.25) is 0 Å². The molecule has 0 aliphatic carbocycles. The first-order valence-electron chi connectivity index (χ1n) is 27.4. The minimum absolute atomic E-state index is 0.0905. The second kappa shape index (κ2) is 53.5. The average Bonchev–Trinajstić information content (AvgIpc) is 3.30. The van der Waals surface area contributed by atoms with Crippen LogP contribution in [0.15, 0.2) is 72.9 Å². The molecule has 0 aromatic carbocycles. The normalized spacial score (nSPS) is 12.6. The lowest BCUT2D eigenvalue weighted by molar-refractivity contribution is -0.167. The summed E-state index contributed by atoms with van der Waals surface area (Å²) >= 11 is 0. The van der Waals surface area contributed by atoms with E-state index in [1.165, 1.54) is 103 Å². The van der Waals surface area contributed by atoms with E-state index in [1.807, 2.05) is 0 Å². The molecule has 0 aliphatic rings. The van der Waals surface area contributed by atoms with Crippen molar-refractivity contribution in [2.75, 3.05) is 13.2 Å². The summed E-state index contributed by atoms with van der Waals surface area (Å²) in [7, 11) is 0. The predicted octanol–water partition coefficient (Wildman–Crippen LogP) is 18.2. The summed E-state index contributed by atoms with van der Waals surface area (Å²) in [4.78, 5) is 38.1. The lowest BCUT2D eigenvalue weighted by Gasteiger charge is -2.18. The van der Waals surface area contributed by atoms with Crippen molar-refractivity contribution < 1.29 is 28.6 Å². The summed E-state index contributed by atoms with van der Waals surface area (Å²) in [6.07, 6.45) is 67.4. The van der Waals surface area contributed by atoms with Gasteiger partial charge in [0.2, 0.25) is 0 Å². The van der Waals surface area contributed by atoms with Crippen molar-refractivity contribution in [3.63, 3.8) is 0 Å². The number of ether oxygens (including phenoxy) is 3. The smallest absolute Gasteiger partial charge is 0.306 e. The Morgan fingerprint density at radius 2 is 0.615 bits per heavy atom. The number of unbranched alkanes of at least 4 members (excludes halogenated alkanes) is 26. The van der Waals surface area contributed by atoms with Crippen molar-refractivity contribution in [1.29, 1.82) is 0 Å². The highest BCUT2D eigenvalue weighted by atomic mass is 16.6. The van der Waals surface area contributed by atoms with E-state index in [0.717, 1.165) is 122 Å². The molecule has 0 saturated carbocycles. The zero-order valence-corrected chi connectivity index (χ0v) is 42.7. The summed E-state index contributed by atoms with van der Waals surface area (Å²) < 4.78 is 16.8. The third kappa shape index (κ3) is 51.7. The van der Waals surface area contributed by atoms with E-state index < -0.39 is 6.10 Å². The van der Waals surface area contributed by atoms with Gasteiger partial charge in [-0.3, -0.25) is 14.4 Å². The highest BCUT2D eigenvalue weighted by Gasteiger charge is 2.19. The molecule has 0 saturated heterocycles. The summed E-state index contributed by atoms with van der Waals surface area (Å²) in [5.41, 5.74) is 0. The molecule has 0 rings (SSSR count). The molecule has 0 aromatic rings. The van der Waals surface area contributed by atoms with Crippen molar-refractivity contribution in [1.82, 2.24) is 0 Å². The van der Waals surface area contributed by atoms with Gasteiger partial charge in [-0.15, -0.1) is 0 Å². The Bertz CT molecular complexity index is 1230. The SMILES string of the molecule is CCC=CCC=CCC=CCCCCCCCC(=O)O[C@@H](COC(=O)CCCCCCCC=CCCCC=CCCCCC)COC(=O)CCCCCCCC=CCCCCCCCC. The molecule has 374 valence electrons. The summed E-state index contributed by atoms with van der Waals surface area (Å²) in [6.45, 7) is 6.48. The summed E-state index contributed by atoms with van der Waals surface area (Å²) in [6, 6.07) is 0. The van der Waals surface area contributed by atoms with Gasteiger partial charge in [-0.2, -0.15) is 0 Å². The number of hydrogen-bond donors (Lipinski definition) is 0. The molecule has 0 spiro atoms. The summed E-state index contributed by atoms with van der Waals surface area (Å²) in [5, 5.41) is 0. The first-order chi connectivity index (χ1) is 32.0. The minimum atomic E-state index is -0.793. The number of allylic oxidation sites excluding steroid dienone is 12. The Balaban J connectivity index is 4.43. The molecular weight excluding hydrogens is 805 g/mol. The van der Waals surface area contributed by atoms with Gasteiger partial charge in [0.1, 0.15) is 13.2 Å². The van der Waals surface area contributed by atoms with Crippen LogP contribution in [-0.2, 0) is 28.6 Å². The molecule has 0 aromatic heterocycles. The number of hydrogen-bond acceptors (Lipinski definition) is 6. The molecule has 1 atom stereocenters. The summed E-state index contributed by atoms with van der Waals surface area (Å²) in [5.74, 6) is -0.922. The lowest BCUT2D eigenvalue weighted by Crippen LogP contribution is -2.30. The zero-order chi connectivity index (χ0) is 47.2. The van der Waals surface area contributed by atoms with Crippen molar-refractivity contribution in [2.45, 2.75) is 271 Å². The zero-order valence-electron chi connectivity index (χ0n) is 42.7. The molecule has 6 heteroatoms. The van der Waals surface area contributed by atoms with Gasteiger partial charge in [-0.05, 0) is 122 Å². The molecule has 65 heavy (non-hydrogen) atoms. The Hall–Kier alpha value is -3.15. The number of esters is 3. The Morgan fingerprint density at radius 3 is 1.03 bits per heavy atom.